The molecule has 0 aliphatic carbocycles. The minimum atomic E-state index is -0.814. The van der Waals surface area contributed by atoms with Gasteiger partial charge in [-0.25, -0.2) is 8.78 Å². The van der Waals surface area contributed by atoms with E-state index in [1.165, 1.54) is 31.4 Å². The van der Waals surface area contributed by atoms with Crippen molar-refractivity contribution in [1.82, 2.24) is 10.2 Å². The molecule has 1 heterocycles. The van der Waals surface area contributed by atoms with Gasteiger partial charge in [0.05, 0.1) is 12.7 Å². The van der Waals surface area contributed by atoms with Crippen LogP contribution in [-0.4, -0.2) is 43.0 Å². The van der Waals surface area contributed by atoms with E-state index >= 15 is 0 Å². The fourth-order valence-corrected chi connectivity index (χ4v) is 4.17. The zero-order valence-electron chi connectivity index (χ0n) is 18.9. The van der Waals surface area contributed by atoms with Crippen LogP contribution in [0.15, 0.2) is 66.7 Å². The highest BCUT2D eigenvalue weighted by molar-refractivity contribution is 5.98. The lowest BCUT2D eigenvalue weighted by Crippen LogP contribution is -2.49. The van der Waals surface area contributed by atoms with Crippen LogP contribution in [0, 0.1) is 11.6 Å². The molecule has 1 atom stereocenters. The Hall–Kier alpha value is -3.74. The second-order valence-corrected chi connectivity index (χ2v) is 8.29. The first kappa shape index (κ1) is 23.4. The Balaban J connectivity index is 1.55. The van der Waals surface area contributed by atoms with Crippen LogP contribution in [-0.2, 0) is 11.2 Å². The maximum absolute atomic E-state index is 14.9. The monoisotopic (exact) mass is 464 g/mol. The first-order valence-electron chi connectivity index (χ1n) is 11.2. The maximum atomic E-state index is 14.9. The average molecular weight is 465 g/mol. The highest BCUT2D eigenvalue weighted by Crippen LogP contribution is 2.27. The number of ether oxygens (including phenoxy) is 1. The zero-order chi connectivity index (χ0) is 24.1. The zero-order valence-corrected chi connectivity index (χ0v) is 18.9. The number of halogens is 2. The van der Waals surface area contributed by atoms with Gasteiger partial charge in [0, 0.05) is 31.1 Å². The highest BCUT2D eigenvalue weighted by Gasteiger charge is 2.29. The molecule has 176 valence electrons. The van der Waals surface area contributed by atoms with E-state index in [1.54, 1.807) is 11.0 Å². The first-order chi connectivity index (χ1) is 16.5. The summed E-state index contributed by atoms with van der Waals surface area (Å²) in [5, 5.41) is 2.72. The van der Waals surface area contributed by atoms with E-state index < -0.39 is 23.6 Å². The molecule has 2 amide bonds. The number of nitrogens with one attached hydrogen (secondary N) is 1. The van der Waals surface area contributed by atoms with E-state index in [2.05, 4.69) is 5.32 Å². The lowest BCUT2D eigenvalue weighted by atomic mass is 10.0. The predicted octanol–water partition coefficient (Wildman–Crippen LogP) is 4.60. The van der Waals surface area contributed by atoms with Gasteiger partial charge in [-0.05, 0) is 48.2 Å². The molecule has 0 spiro atoms. The fraction of sp³-hybridized carbons (Fsp3) is 0.259. The summed E-state index contributed by atoms with van der Waals surface area (Å²) in [5.41, 5.74) is 1.18. The molecule has 4 rings (SSSR count). The lowest BCUT2D eigenvalue weighted by molar-refractivity contribution is -0.132. The van der Waals surface area contributed by atoms with Crippen LogP contribution in [0.3, 0.4) is 0 Å². The van der Waals surface area contributed by atoms with Crippen LogP contribution in [0.5, 0.6) is 5.75 Å². The molecule has 1 fully saturated rings. The first-order valence-corrected chi connectivity index (χ1v) is 11.2. The molecule has 1 saturated heterocycles. The van der Waals surface area contributed by atoms with E-state index in [0.29, 0.717) is 30.8 Å². The lowest BCUT2D eigenvalue weighted by Gasteiger charge is -2.24. The van der Waals surface area contributed by atoms with E-state index in [9.17, 15) is 18.4 Å². The van der Waals surface area contributed by atoms with Gasteiger partial charge in [-0.2, -0.15) is 0 Å². The van der Waals surface area contributed by atoms with Crippen molar-refractivity contribution in [1.29, 1.82) is 0 Å². The summed E-state index contributed by atoms with van der Waals surface area (Å²) in [6.45, 7) is 1.30. The van der Waals surface area contributed by atoms with E-state index in [4.69, 9.17) is 4.74 Å². The fourth-order valence-electron chi connectivity index (χ4n) is 4.17. The molecule has 1 aliphatic rings. The summed E-state index contributed by atoms with van der Waals surface area (Å²) in [7, 11) is 1.43. The van der Waals surface area contributed by atoms with Gasteiger partial charge >= 0.3 is 0 Å². The highest BCUT2D eigenvalue weighted by atomic mass is 19.1. The number of rotatable bonds is 7. The minimum Gasteiger partial charge on any atom is -0.497 e. The summed E-state index contributed by atoms with van der Waals surface area (Å²) in [6, 6.07) is 16.8. The maximum Gasteiger partial charge on any atom is 0.254 e. The van der Waals surface area contributed by atoms with Gasteiger partial charge in [0.25, 0.3) is 5.91 Å². The molecule has 0 bridgehead atoms. The van der Waals surface area contributed by atoms with Crippen LogP contribution in [0.4, 0.5) is 8.78 Å². The Kier molecular flexibility index (Phi) is 7.21. The molecule has 0 aromatic heterocycles. The summed E-state index contributed by atoms with van der Waals surface area (Å²) >= 11 is 0. The number of amides is 2. The van der Waals surface area contributed by atoms with Crippen LogP contribution >= 0.6 is 0 Å². The van der Waals surface area contributed by atoms with Crippen molar-refractivity contribution in [3.63, 3.8) is 0 Å². The molecule has 0 saturated carbocycles. The predicted molar refractivity (Wildman–Crippen MR) is 126 cm³/mol. The van der Waals surface area contributed by atoms with Gasteiger partial charge in [-0.1, -0.05) is 36.4 Å². The molecular weight excluding hydrogens is 438 g/mol. The molecule has 1 aliphatic heterocycles. The average Bonchev–Trinajstić information content (AvgIpc) is 3.38. The number of carbonyl (C=O) groups excluding carboxylic acids is 2. The van der Waals surface area contributed by atoms with Crippen molar-refractivity contribution in [3.8, 4) is 16.9 Å². The SMILES string of the molecule is COc1ccc(-c2ccc(C(=O)NC(Cc3ccccc3)C(=O)N3CCCC3)c(F)c2)c(F)c1. The van der Waals surface area contributed by atoms with Crippen molar-refractivity contribution in [2.45, 2.75) is 25.3 Å². The number of benzene rings is 3. The summed E-state index contributed by atoms with van der Waals surface area (Å²) in [4.78, 5) is 27.8. The molecular formula is C27H26F2N2O3. The number of methoxy groups -OCH3 is 1. The van der Waals surface area contributed by atoms with Crippen LogP contribution in [0.1, 0.15) is 28.8 Å². The van der Waals surface area contributed by atoms with Gasteiger partial charge in [-0.15, -0.1) is 0 Å². The van der Waals surface area contributed by atoms with E-state index in [-0.39, 0.29) is 17.0 Å². The summed E-state index contributed by atoms with van der Waals surface area (Å²) < 4.78 is 34.3. The van der Waals surface area contributed by atoms with E-state index in [1.807, 2.05) is 30.3 Å². The standard InChI is InChI=1S/C27H26F2N2O3/c1-34-20-10-12-21(24(29)17-20)19-9-11-22(23(28)16-19)26(32)30-25(15-18-7-3-2-4-8-18)27(33)31-13-5-6-14-31/h2-4,7-12,16-17,25H,5-6,13-15H2,1H3,(H,30,32). The molecule has 0 radical (unpaired) electrons. The number of nitrogens with zero attached hydrogens (tertiary/aromatic N) is 1. The van der Waals surface area contributed by atoms with Crippen molar-refractivity contribution in [3.05, 3.63) is 89.5 Å². The topological polar surface area (TPSA) is 58.6 Å². The van der Waals surface area contributed by atoms with Gasteiger partial charge in [0.2, 0.25) is 5.91 Å². The molecule has 7 heteroatoms. The van der Waals surface area contributed by atoms with Gasteiger partial charge in [0.1, 0.15) is 23.4 Å². The smallest absolute Gasteiger partial charge is 0.254 e. The Labute approximate surface area is 197 Å². The number of hydrogen-bond acceptors (Lipinski definition) is 3. The van der Waals surface area contributed by atoms with Gasteiger partial charge < -0.3 is 15.0 Å². The van der Waals surface area contributed by atoms with Crippen molar-refractivity contribution in [2.75, 3.05) is 20.2 Å². The largest absolute Gasteiger partial charge is 0.497 e. The van der Waals surface area contributed by atoms with Crippen molar-refractivity contribution < 1.29 is 23.1 Å². The van der Waals surface area contributed by atoms with Crippen LogP contribution in [0.2, 0.25) is 0 Å². The summed E-state index contributed by atoms with van der Waals surface area (Å²) in [5.74, 6) is -1.86. The quantitative estimate of drug-likeness (QED) is 0.556. The Bertz CT molecular complexity index is 1180. The normalized spacial score (nSPS) is 14.0. The summed E-state index contributed by atoms with van der Waals surface area (Å²) in [6.07, 6.45) is 2.16. The minimum absolute atomic E-state index is 0.174. The molecule has 34 heavy (non-hydrogen) atoms. The Morgan fingerprint density at radius 2 is 1.71 bits per heavy atom. The Morgan fingerprint density at radius 3 is 2.35 bits per heavy atom. The molecule has 1 N–H and O–H groups in total. The van der Waals surface area contributed by atoms with Crippen LogP contribution < -0.4 is 10.1 Å². The molecule has 3 aromatic rings. The second-order valence-electron chi connectivity index (χ2n) is 8.29. The van der Waals surface area contributed by atoms with Gasteiger partial charge in [-0.3, -0.25) is 9.59 Å². The number of hydrogen-bond donors (Lipinski definition) is 1. The van der Waals surface area contributed by atoms with Gasteiger partial charge in [0.15, 0.2) is 0 Å². The molecule has 3 aromatic carbocycles. The third-order valence-corrected chi connectivity index (χ3v) is 6.00. The van der Waals surface area contributed by atoms with Crippen molar-refractivity contribution >= 4 is 11.8 Å². The molecule has 1 unspecified atom stereocenters. The Morgan fingerprint density at radius 1 is 0.971 bits per heavy atom. The third kappa shape index (κ3) is 5.25. The van der Waals surface area contributed by atoms with Crippen molar-refractivity contribution in [2.24, 2.45) is 0 Å². The number of likely N-dealkylation sites (tertiary alicyclic amines) is 1. The molecule has 5 nitrogen and oxygen atoms in total. The van der Waals surface area contributed by atoms with Crippen LogP contribution in [0.25, 0.3) is 11.1 Å². The number of carbonyl (C=O) groups is 2. The van der Waals surface area contributed by atoms with E-state index in [0.717, 1.165) is 24.5 Å². The third-order valence-electron chi connectivity index (χ3n) is 6.00. The second kappa shape index (κ2) is 10.5.